The molecule has 1 heterocycles. The summed E-state index contributed by atoms with van der Waals surface area (Å²) < 4.78 is 50.5. The van der Waals surface area contributed by atoms with Gasteiger partial charge in [0.05, 0.1) is 14.2 Å². The molecule has 0 saturated carbocycles. The van der Waals surface area contributed by atoms with E-state index in [0.29, 0.717) is 29.9 Å². The highest BCUT2D eigenvalue weighted by atomic mass is 19.2. The highest BCUT2D eigenvalue weighted by Crippen LogP contribution is 2.36. The van der Waals surface area contributed by atoms with Crippen LogP contribution in [0.1, 0.15) is 29.2 Å². The molecule has 3 nitrogen and oxygen atoms in total. The molecule has 1 aliphatic heterocycles. The van der Waals surface area contributed by atoms with E-state index in [2.05, 4.69) is 5.32 Å². The molecule has 0 spiro atoms. The van der Waals surface area contributed by atoms with Crippen molar-refractivity contribution in [2.24, 2.45) is 0 Å². The van der Waals surface area contributed by atoms with Crippen molar-refractivity contribution in [3.63, 3.8) is 0 Å². The average molecular weight is 351 g/mol. The second-order valence-electron chi connectivity index (χ2n) is 6.07. The number of hydrogen-bond donors (Lipinski definition) is 1. The number of hydrogen-bond acceptors (Lipinski definition) is 3. The van der Waals surface area contributed by atoms with Gasteiger partial charge in [0.1, 0.15) is 0 Å². The van der Waals surface area contributed by atoms with Crippen LogP contribution in [0, 0.1) is 17.5 Å². The van der Waals surface area contributed by atoms with Crippen molar-refractivity contribution in [2.45, 2.75) is 25.3 Å². The molecule has 25 heavy (non-hydrogen) atoms. The van der Waals surface area contributed by atoms with E-state index in [9.17, 15) is 13.2 Å². The minimum atomic E-state index is -1.43. The maximum Gasteiger partial charge on any atom is 0.194 e. The molecule has 1 N–H and O–H groups in total. The highest BCUT2D eigenvalue weighted by molar-refractivity contribution is 5.49. The molecule has 0 unspecified atom stereocenters. The number of aryl methyl sites for hydroxylation is 1. The summed E-state index contributed by atoms with van der Waals surface area (Å²) in [6.45, 7) is 0.805. The first-order valence-corrected chi connectivity index (χ1v) is 8.15. The van der Waals surface area contributed by atoms with Crippen molar-refractivity contribution in [1.29, 1.82) is 0 Å². The lowest BCUT2D eigenvalue weighted by Gasteiger charge is -2.28. The largest absolute Gasteiger partial charge is 0.493 e. The third-order valence-electron chi connectivity index (χ3n) is 4.57. The second-order valence-corrected chi connectivity index (χ2v) is 6.07. The number of halogens is 3. The van der Waals surface area contributed by atoms with Gasteiger partial charge < -0.3 is 14.8 Å². The molecule has 0 bridgehead atoms. The zero-order valence-corrected chi connectivity index (χ0v) is 14.2. The van der Waals surface area contributed by atoms with Crippen LogP contribution in [0.3, 0.4) is 0 Å². The van der Waals surface area contributed by atoms with Crippen LogP contribution in [-0.2, 0) is 12.8 Å². The normalized spacial score (nSPS) is 16.4. The molecule has 0 amide bonds. The Morgan fingerprint density at radius 2 is 1.64 bits per heavy atom. The zero-order chi connectivity index (χ0) is 18.0. The zero-order valence-electron chi connectivity index (χ0n) is 14.2. The molecule has 3 rings (SSSR count). The van der Waals surface area contributed by atoms with Crippen LogP contribution < -0.4 is 14.8 Å². The Hall–Kier alpha value is -2.21. The summed E-state index contributed by atoms with van der Waals surface area (Å²) in [4.78, 5) is 0. The average Bonchev–Trinajstić information content (AvgIpc) is 2.62. The molecule has 0 radical (unpaired) electrons. The fourth-order valence-electron chi connectivity index (χ4n) is 3.29. The Kier molecular flexibility index (Phi) is 5.18. The molecule has 1 atom stereocenters. The first-order valence-electron chi connectivity index (χ1n) is 8.15. The van der Waals surface area contributed by atoms with Crippen molar-refractivity contribution in [3.8, 4) is 11.5 Å². The molecule has 6 heteroatoms. The number of benzene rings is 2. The predicted molar refractivity (Wildman–Crippen MR) is 88.6 cm³/mol. The molecule has 0 aromatic heterocycles. The molecule has 2 aromatic rings. The summed E-state index contributed by atoms with van der Waals surface area (Å²) in [6, 6.07) is 6.04. The third-order valence-corrected chi connectivity index (χ3v) is 4.57. The van der Waals surface area contributed by atoms with E-state index in [4.69, 9.17) is 9.47 Å². The van der Waals surface area contributed by atoms with Crippen molar-refractivity contribution < 1.29 is 22.6 Å². The monoisotopic (exact) mass is 351 g/mol. The van der Waals surface area contributed by atoms with E-state index < -0.39 is 17.5 Å². The van der Waals surface area contributed by atoms with Crippen LogP contribution in [-0.4, -0.2) is 20.8 Å². The van der Waals surface area contributed by atoms with E-state index in [1.165, 1.54) is 0 Å². The Labute approximate surface area is 144 Å². The summed E-state index contributed by atoms with van der Waals surface area (Å²) in [5, 5.41) is 3.42. The number of nitrogens with one attached hydrogen (secondary N) is 1. The van der Waals surface area contributed by atoms with Gasteiger partial charge in [-0.2, -0.15) is 0 Å². The lowest BCUT2D eigenvalue weighted by atomic mass is 9.90. The second kappa shape index (κ2) is 7.35. The topological polar surface area (TPSA) is 30.5 Å². The van der Waals surface area contributed by atoms with Gasteiger partial charge in [0.2, 0.25) is 0 Å². The van der Waals surface area contributed by atoms with Crippen LogP contribution in [0.25, 0.3) is 0 Å². The molecule has 2 aromatic carbocycles. The Bertz CT molecular complexity index is 756. The molecule has 1 aliphatic rings. The van der Waals surface area contributed by atoms with Crippen molar-refractivity contribution in [1.82, 2.24) is 5.32 Å². The number of methoxy groups -OCH3 is 2. The number of rotatable bonds is 5. The van der Waals surface area contributed by atoms with Crippen molar-refractivity contribution in [3.05, 3.63) is 58.4 Å². The van der Waals surface area contributed by atoms with Crippen LogP contribution in [0.15, 0.2) is 24.3 Å². The van der Waals surface area contributed by atoms with Crippen molar-refractivity contribution in [2.75, 3.05) is 20.8 Å². The summed E-state index contributed by atoms with van der Waals surface area (Å²) in [6.07, 6.45) is 1.93. The van der Waals surface area contributed by atoms with Crippen molar-refractivity contribution >= 4 is 0 Å². The maximum atomic E-state index is 13.4. The summed E-state index contributed by atoms with van der Waals surface area (Å²) >= 11 is 0. The quantitative estimate of drug-likeness (QED) is 0.828. The molecule has 0 fully saturated rings. The molecular weight excluding hydrogens is 331 g/mol. The summed E-state index contributed by atoms with van der Waals surface area (Å²) in [5.41, 5.74) is 2.69. The minimum Gasteiger partial charge on any atom is -0.493 e. The lowest BCUT2D eigenvalue weighted by Crippen LogP contribution is -2.30. The van der Waals surface area contributed by atoms with Gasteiger partial charge in [-0.05, 0) is 66.8 Å². The Balaban J connectivity index is 1.81. The third kappa shape index (κ3) is 3.58. The molecule has 0 saturated heterocycles. The van der Waals surface area contributed by atoms with Gasteiger partial charge in [-0.1, -0.05) is 0 Å². The fraction of sp³-hybridized carbons (Fsp3) is 0.368. The lowest BCUT2D eigenvalue weighted by molar-refractivity contribution is 0.351. The fourth-order valence-corrected chi connectivity index (χ4v) is 3.29. The number of ether oxygens (including phenoxy) is 2. The van der Waals surface area contributed by atoms with Gasteiger partial charge in [0, 0.05) is 6.04 Å². The number of fused-ring (bicyclic) bond motifs is 1. The first-order chi connectivity index (χ1) is 12.0. The van der Waals surface area contributed by atoms with E-state index in [0.717, 1.165) is 36.2 Å². The van der Waals surface area contributed by atoms with Crippen LogP contribution in [0.5, 0.6) is 11.5 Å². The van der Waals surface area contributed by atoms with Crippen LogP contribution in [0.4, 0.5) is 13.2 Å². The molecular formula is C19H20F3NO2. The van der Waals surface area contributed by atoms with Gasteiger partial charge >= 0.3 is 0 Å². The van der Waals surface area contributed by atoms with Gasteiger partial charge in [-0.15, -0.1) is 0 Å². The van der Waals surface area contributed by atoms with E-state index in [1.807, 2.05) is 12.1 Å². The van der Waals surface area contributed by atoms with Gasteiger partial charge in [0.15, 0.2) is 29.0 Å². The standard InChI is InChI=1S/C19H20F3NO2/c1-24-17-9-12-5-6-23-16(13(12)10-18(17)25-2)4-3-11-7-14(20)19(22)15(21)8-11/h7-10,16,23H,3-6H2,1-2H3/t16-/m0/s1. The van der Waals surface area contributed by atoms with E-state index in [1.54, 1.807) is 14.2 Å². The highest BCUT2D eigenvalue weighted by Gasteiger charge is 2.23. The Morgan fingerprint density at radius 3 is 2.28 bits per heavy atom. The van der Waals surface area contributed by atoms with E-state index >= 15 is 0 Å². The minimum absolute atomic E-state index is 0.0275. The van der Waals surface area contributed by atoms with Gasteiger partial charge in [-0.3, -0.25) is 0 Å². The van der Waals surface area contributed by atoms with Gasteiger partial charge in [-0.25, -0.2) is 13.2 Å². The predicted octanol–water partition coefficient (Wildman–Crippen LogP) is 3.94. The van der Waals surface area contributed by atoms with Crippen LogP contribution >= 0.6 is 0 Å². The summed E-state index contributed by atoms with van der Waals surface area (Å²) in [7, 11) is 3.18. The smallest absolute Gasteiger partial charge is 0.194 e. The van der Waals surface area contributed by atoms with Gasteiger partial charge in [0.25, 0.3) is 0 Å². The maximum absolute atomic E-state index is 13.4. The molecule has 134 valence electrons. The van der Waals surface area contributed by atoms with E-state index in [-0.39, 0.29) is 6.04 Å². The van der Waals surface area contributed by atoms with Crippen LogP contribution in [0.2, 0.25) is 0 Å². The Morgan fingerprint density at radius 1 is 1.00 bits per heavy atom. The first kappa shape index (κ1) is 17.6. The SMILES string of the molecule is COc1cc2c(cc1OC)[C@H](CCc1cc(F)c(F)c(F)c1)NCC2. The molecule has 0 aliphatic carbocycles. The summed E-state index contributed by atoms with van der Waals surface area (Å²) in [5.74, 6) is -2.41.